The van der Waals surface area contributed by atoms with E-state index in [1.807, 2.05) is 24.3 Å². The maximum Gasteiger partial charge on any atom is 0.249 e. The van der Waals surface area contributed by atoms with Crippen molar-refractivity contribution in [2.75, 3.05) is 7.05 Å². The molecule has 0 bridgehead atoms. The van der Waals surface area contributed by atoms with Crippen LogP contribution in [-0.2, 0) is 27.8 Å². The van der Waals surface area contributed by atoms with Gasteiger partial charge in [0.25, 0.3) is 0 Å². The van der Waals surface area contributed by atoms with E-state index in [-0.39, 0.29) is 10.1 Å². The summed E-state index contributed by atoms with van der Waals surface area (Å²) in [6.45, 7) is 0.322. The summed E-state index contributed by atoms with van der Waals surface area (Å²) in [7, 11) is -2.05. The normalized spacial score (nSPS) is 11.7. The Morgan fingerprint density at radius 2 is 1.96 bits per heavy atom. The summed E-state index contributed by atoms with van der Waals surface area (Å²) in [6.07, 6.45) is 0.946. The Kier molecular flexibility index (Phi) is 5.48. The van der Waals surface area contributed by atoms with E-state index in [1.165, 1.54) is 7.05 Å². The highest BCUT2D eigenvalue weighted by Gasteiger charge is 2.14. The van der Waals surface area contributed by atoms with Gasteiger partial charge in [-0.25, -0.2) is 18.1 Å². The molecule has 0 radical (unpaired) electrons. The second-order valence-electron chi connectivity index (χ2n) is 5.28. The minimum absolute atomic E-state index is 0.0781. The number of nitrogens with zero attached hydrogens (tertiary/aromatic N) is 1. The Morgan fingerprint density at radius 3 is 2.72 bits per heavy atom. The van der Waals surface area contributed by atoms with Crippen molar-refractivity contribution in [1.29, 1.82) is 0 Å². The van der Waals surface area contributed by atoms with Gasteiger partial charge >= 0.3 is 0 Å². The van der Waals surface area contributed by atoms with Gasteiger partial charge in [-0.3, -0.25) is 4.79 Å². The van der Waals surface area contributed by atoms with Crippen molar-refractivity contribution >= 4 is 48.8 Å². The lowest BCUT2D eigenvalue weighted by Crippen LogP contribution is -2.22. The third-order valence-corrected chi connectivity index (χ3v) is 7.62. The molecular weight excluding hydrogens is 378 g/mol. The number of rotatable bonds is 7. The highest BCUT2D eigenvalue weighted by Crippen LogP contribution is 2.23. The molecule has 0 aliphatic rings. The molecule has 132 valence electrons. The minimum atomic E-state index is -3.43. The van der Waals surface area contributed by atoms with Gasteiger partial charge in [0.15, 0.2) is 0 Å². The second-order valence-corrected chi connectivity index (χ2v) is 9.68. The third kappa shape index (κ3) is 4.43. The van der Waals surface area contributed by atoms with E-state index in [0.717, 1.165) is 31.4 Å². The predicted octanol–water partition coefficient (Wildman–Crippen LogP) is 2.51. The lowest BCUT2D eigenvalue weighted by atomic mass is 10.3. The summed E-state index contributed by atoms with van der Waals surface area (Å²) in [5, 5.41) is 3.76. The van der Waals surface area contributed by atoms with E-state index < -0.39 is 10.0 Å². The number of carbonyl (C=O) groups excluding carboxylic acids is 1. The molecule has 0 unspecified atom stereocenters. The minimum Gasteiger partial charge on any atom is -0.351 e. The van der Waals surface area contributed by atoms with Crippen molar-refractivity contribution in [3.05, 3.63) is 46.3 Å². The first-order valence-electron chi connectivity index (χ1n) is 7.61. The van der Waals surface area contributed by atoms with Crippen LogP contribution in [0.25, 0.3) is 10.2 Å². The molecule has 2 heterocycles. The van der Waals surface area contributed by atoms with Gasteiger partial charge in [-0.2, -0.15) is 0 Å². The van der Waals surface area contributed by atoms with Gasteiger partial charge < -0.3 is 5.32 Å². The molecule has 0 spiro atoms. The van der Waals surface area contributed by atoms with Crippen LogP contribution in [0.4, 0.5) is 0 Å². The van der Waals surface area contributed by atoms with Crippen molar-refractivity contribution in [3.8, 4) is 0 Å². The first-order chi connectivity index (χ1) is 12.0. The SMILES string of the molecule is CNS(=O)(=O)c1ccc(CNC(=O)CCc2nc3ccccc3s2)s1. The molecule has 6 nitrogen and oxygen atoms in total. The van der Waals surface area contributed by atoms with Gasteiger partial charge in [0.1, 0.15) is 4.21 Å². The number of hydrogen-bond acceptors (Lipinski definition) is 6. The van der Waals surface area contributed by atoms with Crippen molar-refractivity contribution < 1.29 is 13.2 Å². The topological polar surface area (TPSA) is 88.2 Å². The van der Waals surface area contributed by atoms with Gasteiger partial charge in [0.05, 0.1) is 21.8 Å². The molecule has 0 saturated heterocycles. The Hall–Kier alpha value is -1.81. The third-order valence-electron chi connectivity index (χ3n) is 3.53. The van der Waals surface area contributed by atoms with E-state index >= 15 is 0 Å². The van der Waals surface area contributed by atoms with Crippen molar-refractivity contribution in [2.24, 2.45) is 0 Å². The molecule has 2 aromatic heterocycles. The van der Waals surface area contributed by atoms with E-state index in [1.54, 1.807) is 23.5 Å². The van der Waals surface area contributed by atoms with Crippen LogP contribution in [-0.4, -0.2) is 26.4 Å². The van der Waals surface area contributed by atoms with Crippen LogP contribution in [0.2, 0.25) is 0 Å². The van der Waals surface area contributed by atoms with E-state index in [9.17, 15) is 13.2 Å². The zero-order valence-corrected chi connectivity index (χ0v) is 15.9. The van der Waals surface area contributed by atoms with Crippen LogP contribution in [0.3, 0.4) is 0 Å². The monoisotopic (exact) mass is 395 g/mol. The molecule has 9 heteroatoms. The summed E-state index contributed by atoms with van der Waals surface area (Å²) in [6, 6.07) is 11.2. The van der Waals surface area contributed by atoms with Crippen LogP contribution in [0.1, 0.15) is 16.3 Å². The molecule has 3 rings (SSSR count). The van der Waals surface area contributed by atoms with Crippen LogP contribution in [0.15, 0.2) is 40.6 Å². The molecule has 0 aliphatic carbocycles. The number of aryl methyl sites for hydroxylation is 1. The average molecular weight is 396 g/mol. The molecule has 0 aliphatic heterocycles. The number of thiophene rings is 1. The van der Waals surface area contributed by atoms with Crippen LogP contribution < -0.4 is 10.0 Å². The van der Waals surface area contributed by atoms with Gasteiger partial charge in [-0.05, 0) is 31.3 Å². The molecule has 1 amide bonds. The molecule has 25 heavy (non-hydrogen) atoms. The van der Waals surface area contributed by atoms with E-state index in [0.29, 0.717) is 19.4 Å². The summed E-state index contributed by atoms with van der Waals surface area (Å²) < 4.78 is 27.0. The molecule has 2 N–H and O–H groups in total. The second kappa shape index (κ2) is 7.61. The first-order valence-corrected chi connectivity index (χ1v) is 10.7. The van der Waals surface area contributed by atoms with Crippen molar-refractivity contribution in [2.45, 2.75) is 23.6 Å². The fourth-order valence-electron chi connectivity index (χ4n) is 2.22. The zero-order valence-electron chi connectivity index (χ0n) is 13.5. The Morgan fingerprint density at radius 1 is 1.16 bits per heavy atom. The highest BCUT2D eigenvalue weighted by molar-refractivity contribution is 7.91. The van der Waals surface area contributed by atoms with Crippen LogP contribution in [0, 0.1) is 0 Å². The number of hydrogen-bond donors (Lipinski definition) is 2. The number of thiazole rings is 1. The molecule has 0 fully saturated rings. The fourth-order valence-corrected chi connectivity index (χ4v) is 5.32. The molecule has 1 aromatic carbocycles. The molecule has 3 aromatic rings. The number of carbonyl (C=O) groups is 1. The fraction of sp³-hybridized carbons (Fsp3) is 0.250. The average Bonchev–Trinajstić information content (AvgIpc) is 3.24. The zero-order chi connectivity index (χ0) is 17.9. The smallest absolute Gasteiger partial charge is 0.249 e. The van der Waals surface area contributed by atoms with Gasteiger partial charge in [-0.15, -0.1) is 22.7 Å². The number of nitrogens with one attached hydrogen (secondary N) is 2. The first kappa shape index (κ1) is 18.0. The number of para-hydroxylation sites is 1. The van der Waals surface area contributed by atoms with Crippen molar-refractivity contribution in [3.63, 3.8) is 0 Å². The highest BCUT2D eigenvalue weighted by atomic mass is 32.2. The summed E-state index contributed by atoms with van der Waals surface area (Å²) >= 11 is 2.75. The van der Waals surface area contributed by atoms with Crippen LogP contribution >= 0.6 is 22.7 Å². The number of benzene rings is 1. The van der Waals surface area contributed by atoms with E-state index in [4.69, 9.17) is 0 Å². The maximum absolute atomic E-state index is 12.0. The quantitative estimate of drug-likeness (QED) is 0.643. The van der Waals surface area contributed by atoms with Crippen molar-refractivity contribution in [1.82, 2.24) is 15.0 Å². The molecular formula is C16H17N3O3S3. The Balaban J connectivity index is 1.51. The Bertz CT molecular complexity index is 959. The largest absolute Gasteiger partial charge is 0.351 e. The number of fused-ring (bicyclic) bond motifs is 1. The summed E-state index contributed by atoms with van der Waals surface area (Å²) in [5.41, 5.74) is 0.958. The Labute approximate surface area is 154 Å². The number of amides is 1. The number of sulfonamides is 1. The van der Waals surface area contributed by atoms with Gasteiger partial charge in [-0.1, -0.05) is 12.1 Å². The van der Waals surface area contributed by atoms with E-state index in [2.05, 4.69) is 15.0 Å². The number of aromatic nitrogens is 1. The molecule has 0 atom stereocenters. The van der Waals surface area contributed by atoms with Gasteiger partial charge in [0, 0.05) is 17.7 Å². The predicted molar refractivity (Wildman–Crippen MR) is 100 cm³/mol. The summed E-state index contributed by atoms with van der Waals surface area (Å²) in [5.74, 6) is -0.0781. The molecule has 0 saturated carbocycles. The van der Waals surface area contributed by atoms with Gasteiger partial charge in [0.2, 0.25) is 15.9 Å². The summed E-state index contributed by atoms with van der Waals surface area (Å²) in [4.78, 5) is 17.3. The lowest BCUT2D eigenvalue weighted by molar-refractivity contribution is -0.121. The standard InChI is InChI=1S/C16H17N3O3S3/c1-17-25(21,22)16-9-6-11(23-16)10-18-14(20)7-8-15-19-12-4-2-3-5-13(12)24-15/h2-6,9,17H,7-8,10H2,1H3,(H,18,20). The lowest BCUT2D eigenvalue weighted by Gasteiger charge is -2.02. The maximum atomic E-state index is 12.0. The van der Waals surface area contributed by atoms with Crippen LogP contribution in [0.5, 0.6) is 0 Å².